The van der Waals surface area contributed by atoms with Crippen LogP contribution in [0.2, 0.25) is 0 Å². The van der Waals surface area contributed by atoms with Gasteiger partial charge in [0.2, 0.25) is 10.0 Å². The van der Waals surface area contributed by atoms with Crippen molar-refractivity contribution in [2.24, 2.45) is 5.41 Å². The summed E-state index contributed by atoms with van der Waals surface area (Å²) in [5.74, 6) is -1.60. The van der Waals surface area contributed by atoms with Crippen molar-refractivity contribution in [2.45, 2.75) is 26.3 Å². The molecule has 1 amide bonds. The number of fused-ring (bicyclic) bond motifs is 1. The molecule has 3 N–H and O–H groups in total. The Kier molecular flexibility index (Phi) is 5.95. The minimum atomic E-state index is -3.64. The normalized spacial score (nSPS) is 16.7. The minimum Gasteiger partial charge on any atom is -0.478 e. The molecule has 1 heterocycles. The van der Waals surface area contributed by atoms with Crippen molar-refractivity contribution in [2.75, 3.05) is 11.6 Å². The van der Waals surface area contributed by atoms with Crippen LogP contribution in [0, 0.1) is 5.41 Å². The fourth-order valence-corrected chi connectivity index (χ4v) is 4.89. The summed E-state index contributed by atoms with van der Waals surface area (Å²) in [6.45, 7) is 4.29. The molecule has 0 spiro atoms. The number of rotatable bonds is 5. The molecule has 34 heavy (non-hydrogen) atoms. The molecule has 1 atom stereocenters. The van der Waals surface area contributed by atoms with E-state index in [-0.39, 0.29) is 17.0 Å². The van der Waals surface area contributed by atoms with Gasteiger partial charge in [0.1, 0.15) is 0 Å². The summed E-state index contributed by atoms with van der Waals surface area (Å²) >= 11 is 0. The molecular formula is C26H26N2O5S. The van der Waals surface area contributed by atoms with Crippen molar-refractivity contribution >= 4 is 27.6 Å². The van der Waals surface area contributed by atoms with Crippen LogP contribution in [-0.4, -0.2) is 31.7 Å². The Balaban J connectivity index is 1.63. The number of nitrogens with one attached hydrogen (secondary N) is 2. The molecule has 0 saturated carbocycles. The first kappa shape index (κ1) is 23.5. The van der Waals surface area contributed by atoms with E-state index < -0.39 is 21.9 Å². The van der Waals surface area contributed by atoms with E-state index in [2.05, 4.69) is 31.3 Å². The molecule has 0 aromatic heterocycles. The second kappa shape index (κ2) is 8.61. The van der Waals surface area contributed by atoms with Crippen LogP contribution in [0.5, 0.6) is 0 Å². The van der Waals surface area contributed by atoms with E-state index in [0.29, 0.717) is 12.0 Å². The van der Waals surface area contributed by atoms with E-state index in [4.69, 9.17) is 5.11 Å². The Labute approximate surface area is 198 Å². The molecule has 4 rings (SSSR count). The van der Waals surface area contributed by atoms with Gasteiger partial charge in [0, 0.05) is 11.3 Å². The number of hydrogen-bond donors (Lipinski definition) is 3. The summed E-state index contributed by atoms with van der Waals surface area (Å²) in [7, 11) is -3.64. The number of amides is 1. The molecule has 1 unspecified atom stereocenters. The first-order valence-electron chi connectivity index (χ1n) is 10.8. The molecule has 7 nitrogen and oxygen atoms in total. The van der Waals surface area contributed by atoms with Crippen LogP contribution < -0.4 is 10.0 Å². The molecule has 0 aliphatic carbocycles. The van der Waals surface area contributed by atoms with Crippen LogP contribution in [0.4, 0.5) is 5.69 Å². The number of anilines is 1. The molecule has 3 aromatic carbocycles. The molecule has 0 bridgehead atoms. The fourth-order valence-electron chi connectivity index (χ4n) is 4.43. The second-order valence-electron chi connectivity index (χ2n) is 9.33. The molecule has 176 valence electrons. The second-order valence-corrected chi connectivity index (χ2v) is 11.1. The number of carboxylic acid groups (broad SMARTS) is 1. The number of carbonyl (C=O) groups is 2. The van der Waals surface area contributed by atoms with E-state index in [9.17, 15) is 18.0 Å². The van der Waals surface area contributed by atoms with Crippen molar-refractivity contribution in [3.63, 3.8) is 0 Å². The summed E-state index contributed by atoms with van der Waals surface area (Å²) < 4.78 is 24.8. The average Bonchev–Trinajstić information content (AvgIpc) is 2.76. The highest BCUT2D eigenvalue weighted by molar-refractivity contribution is 7.89. The maximum Gasteiger partial charge on any atom is 0.335 e. The van der Waals surface area contributed by atoms with Gasteiger partial charge in [0.15, 0.2) is 0 Å². The van der Waals surface area contributed by atoms with Gasteiger partial charge in [0.05, 0.1) is 17.9 Å². The van der Waals surface area contributed by atoms with Gasteiger partial charge in [0.25, 0.3) is 5.91 Å². The Morgan fingerprint density at radius 3 is 2.29 bits per heavy atom. The summed E-state index contributed by atoms with van der Waals surface area (Å²) in [4.78, 5) is 23.4. The highest BCUT2D eigenvalue weighted by Gasteiger charge is 2.36. The van der Waals surface area contributed by atoms with Crippen molar-refractivity contribution in [1.29, 1.82) is 0 Å². The van der Waals surface area contributed by atoms with Gasteiger partial charge in [-0.05, 0) is 70.5 Å². The third-order valence-electron chi connectivity index (χ3n) is 6.06. The molecular weight excluding hydrogens is 452 g/mol. The summed E-state index contributed by atoms with van der Waals surface area (Å²) in [6, 6.07) is 20.1. The SMILES string of the molecule is CC1(C)Cc2cc(C(=O)NS(C)(=O)=O)ccc2NC1c1cccc(-c2ccc(C(=O)O)cc2)c1. The Morgan fingerprint density at radius 1 is 0.971 bits per heavy atom. The lowest BCUT2D eigenvalue weighted by Gasteiger charge is -2.41. The van der Waals surface area contributed by atoms with E-state index in [0.717, 1.165) is 34.2 Å². The van der Waals surface area contributed by atoms with E-state index in [1.165, 1.54) is 0 Å². The summed E-state index contributed by atoms with van der Waals surface area (Å²) in [5.41, 5.74) is 5.20. The summed E-state index contributed by atoms with van der Waals surface area (Å²) in [6.07, 6.45) is 1.64. The number of sulfonamides is 1. The zero-order valence-corrected chi connectivity index (χ0v) is 19.9. The molecule has 0 fully saturated rings. The molecule has 1 aliphatic rings. The quantitative estimate of drug-likeness (QED) is 0.499. The number of carboxylic acids is 1. The zero-order chi connectivity index (χ0) is 24.7. The van der Waals surface area contributed by atoms with Gasteiger partial charge in [-0.2, -0.15) is 0 Å². The predicted octanol–water partition coefficient (Wildman–Crippen LogP) is 4.48. The lowest BCUT2D eigenvalue weighted by molar-refractivity contribution is 0.0696. The van der Waals surface area contributed by atoms with Gasteiger partial charge in [-0.15, -0.1) is 0 Å². The molecule has 1 aliphatic heterocycles. The first-order chi connectivity index (χ1) is 15.9. The van der Waals surface area contributed by atoms with Crippen LogP contribution in [0.25, 0.3) is 11.1 Å². The van der Waals surface area contributed by atoms with Crippen LogP contribution in [0.1, 0.15) is 51.7 Å². The van der Waals surface area contributed by atoms with Crippen LogP contribution in [0.15, 0.2) is 66.7 Å². The number of carbonyl (C=O) groups excluding carboxylic acids is 1. The first-order valence-corrected chi connectivity index (χ1v) is 12.7. The van der Waals surface area contributed by atoms with Gasteiger partial charge >= 0.3 is 5.97 Å². The average molecular weight is 479 g/mol. The topological polar surface area (TPSA) is 113 Å². The maximum atomic E-state index is 12.3. The molecule has 0 saturated heterocycles. The highest BCUT2D eigenvalue weighted by atomic mass is 32.2. The van der Waals surface area contributed by atoms with Gasteiger partial charge in [-0.25, -0.2) is 17.9 Å². The largest absolute Gasteiger partial charge is 0.478 e. The number of hydrogen-bond acceptors (Lipinski definition) is 5. The van der Waals surface area contributed by atoms with Crippen molar-refractivity contribution in [1.82, 2.24) is 4.72 Å². The van der Waals surface area contributed by atoms with Crippen molar-refractivity contribution in [3.05, 3.63) is 89.0 Å². The van der Waals surface area contributed by atoms with Gasteiger partial charge in [-0.3, -0.25) is 4.79 Å². The van der Waals surface area contributed by atoms with E-state index in [1.54, 1.807) is 36.4 Å². The standard InChI is InChI=1S/C26H26N2O5S/c1-26(2)15-21-14-20(24(29)28-34(3,32)33)11-12-22(21)27-23(26)19-6-4-5-18(13-19)16-7-9-17(10-8-16)25(30)31/h4-14,23,27H,15H2,1-3H3,(H,28,29)(H,30,31). The van der Waals surface area contributed by atoms with Crippen LogP contribution in [-0.2, 0) is 16.4 Å². The Bertz CT molecular complexity index is 1380. The third kappa shape index (κ3) is 4.97. The third-order valence-corrected chi connectivity index (χ3v) is 6.61. The predicted molar refractivity (Wildman–Crippen MR) is 131 cm³/mol. The van der Waals surface area contributed by atoms with E-state index >= 15 is 0 Å². The highest BCUT2D eigenvalue weighted by Crippen LogP contribution is 2.45. The molecule has 3 aromatic rings. The molecule has 0 radical (unpaired) electrons. The lowest BCUT2D eigenvalue weighted by atomic mass is 9.72. The monoisotopic (exact) mass is 478 g/mol. The number of benzene rings is 3. The van der Waals surface area contributed by atoms with Crippen LogP contribution in [0.3, 0.4) is 0 Å². The van der Waals surface area contributed by atoms with E-state index in [1.807, 2.05) is 22.9 Å². The van der Waals surface area contributed by atoms with Crippen LogP contribution >= 0.6 is 0 Å². The fraction of sp³-hybridized carbons (Fsp3) is 0.231. The number of aromatic carboxylic acids is 1. The minimum absolute atomic E-state index is 0.00561. The zero-order valence-electron chi connectivity index (χ0n) is 19.1. The van der Waals surface area contributed by atoms with Gasteiger partial charge < -0.3 is 10.4 Å². The molecule has 8 heteroatoms. The van der Waals surface area contributed by atoms with Crippen molar-refractivity contribution in [3.8, 4) is 11.1 Å². The Hall–Kier alpha value is -3.65. The Morgan fingerprint density at radius 2 is 1.65 bits per heavy atom. The maximum absolute atomic E-state index is 12.3. The van der Waals surface area contributed by atoms with Gasteiger partial charge in [-0.1, -0.05) is 44.2 Å². The van der Waals surface area contributed by atoms with Crippen molar-refractivity contribution < 1.29 is 23.1 Å². The summed E-state index contributed by atoms with van der Waals surface area (Å²) in [5, 5.41) is 12.7. The smallest absolute Gasteiger partial charge is 0.335 e. The lowest BCUT2D eigenvalue weighted by Crippen LogP contribution is -2.35.